The summed E-state index contributed by atoms with van der Waals surface area (Å²) in [4.78, 5) is 38.4. The summed E-state index contributed by atoms with van der Waals surface area (Å²) in [7, 11) is 1.36. The molecule has 3 rings (SSSR count). The fraction of sp³-hybridized carbons (Fsp3) is 0.526. The molecule has 6 nitrogen and oxygen atoms in total. The summed E-state index contributed by atoms with van der Waals surface area (Å²) in [6, 6.07) is 3.27. The standard InChI is InChI=1S/C19H22FNO5/c1-11(21-17(22)13-5-3-4-6-14(13)18(21)23)19(24)26-10-12-7-8-16(25-2)15(20)9-12/h7-9,11,13-14H,3-6,10H2,1-2H3/t11-,13+,14+/m0/s1. The second kappa shape index (κ2) is 7.43. The first-order valence-electron chi connectivity index (χ1n) is 8.80. The van der Waals surface area contributed by atoms with Crippen LogP contribution in [-0.2, 0) is 25.7 Å². The predicted molar refractivity (Wildman–Crippen MR) is 89.5 cm³/mol. The van der Waals surface area contributed by atoms with Crippen molar-refractivity contribution >= 4 is 17.8 Å². The van der Waals surface area contributed by atoms with Gasteiger partial charge in [0.15, 0.2) is 11.6 Å². The molecule has 1 saturated carbocycles. The Morgan fingerprint density at radius 1 is 1.23 bits per heavy atom. The minimum atomic E-state index is -0.983. The number of imide groups is 1. The smallest absolute Gasteiger partial charge is 0.329 e. The van der Waals surface area contributed by atoms with Gasteiger partial charge in [0.2, 0.25) is 11.8 Å². The van der Waals surface area contributed by atoms with Crippen LogP contribution < -0.4 is 4.74 Å². The molecule has 0 bridgehead atoms. The summed E-state index contributed by atoms with van der Waals surface area (Å²) in [6.45, 7) is 1.34. The molecule has 2 amide bonds. The summed E-state index contributed by atoms with van der Waals surface area (Å²) in [6.07, 6.45) is 3.24. The minimum Gasteiger partial charge on any atom is -0.494 e. The SMILES string of the molecule is COc1ccc(COC(=O)[C@H](C)N2C(=O)[C@@H]3CCCC[C@H]3C2=O)cc1F. The zero-order valence-corrected chi connectivity index (χ0v) is 14.9. The number of fused-ring (bicyclic) bond motifs is 1. The third kappa shape index (κ3) is 3.30. The number of hydrogen-bond donors (Lipinski definition) is 0. The molecule has 0 unspecified atom stereocenters. The van der Waals surface area contributed by atoms with Gasteiger partial charge >= 0.3 is 5.97 Å². The number of carbonyl (C=O) groups is 3. The maximum Gasteiger partial charge on any atom is 0.329 e. The maximum absolute atomic E-state index is 13.7. The van der Waals surface area contributed by atoms with Crippen LogP contribution in [0.2, 0.25) is 0 Å². The van der Waals surface area contributed by atoms with Gasteiger partial charge in [0, 0.05) is 0 Å². The number of hydrogen-bond acceptors (Lipinski definition) is 5. The molecule has 0 spiro atoms. The van der Waals surface area contributed by atoms with Crippen molar-refractivity contribution < 1.29 is 28.2 Å². The highest BCUT2D eigenvalue weighted by atomic mass is 19.1. The van der Waals surface area contributed by atoms with E-state index in [1.165, 1.54) is 26.2 Å². The van der Waals surface area contributed by atoms with Crippen molar-refractivity contribution in [2.45, 2.75) is 45.3 Å². The monoisotopic (exact) mass is 363 g/mol. The normalized spacial score (nSPS) is 23.6. The van der Waals surface area contributed by atoms with Gasteiger partial charge in [-0.2, -0.15) is 0 Å². The van der Waals surface area contributed by atoms with Gasteiger partial charge < -0.3 is 9.47 Å². The molecule has 1 aromatic carbocycles. The Morgan fingerprint density at radius 2 is 1.85 bits per heavy atom. The van der Waals surface area contributed by atoms with Crippen LogP contribution in [0.15, 0.2) is 18.2 Å². The van der Waals surface area contributed by atoms with E-state index in [0.717, 1.165) is 17.7 Å². The van der Waals surface area contributed by atoms with Crippen LogP contribution in [0.1, 0.15) is 38.2 Å². The van der Waals surface area contributed by atoms with Crippen molar-refractivity contribution in [3.63, 3.8) is 0 Å². The van der Waals surface area contributed by atoms with E-state index in [1.807, 2.05) is 0 Å². The molecule has 0 N–H and O–H groups in total. The molecule has 0 radical (unpaired) electrons. The van der Waals surface area contributed by atoms with E-state index in [0.29, 0.717) is 18.4 Å². The first-order chi connectivity index (χ1) is 12.4. The predicted octanol–water partition coefficient (Wildman–Crippen LogP) is 2.44. The Kier molecular flexibility index (Phi) is 5.25. The lowest BCUT2D eigenvalue weighted by Gasteiger charge is -2.21. The number of halogens is 1. The molecule has 2 aliphatic rings. The van der Waals surface area contributed by atoms with Crippen LogP contribution in [0.4, 0.5) is 4.39 Å². The van der Waals surface area contributed by atoms with Crippen LogP contribution >= 0.6 is 0 Å². The topological polar surface area (TPSA) is 72.9 Å². The Labute approximate surface area is 151 Å². The maximum atomic E-state index is 13.7. The molecule has 1 heterocycles. The van der Waals surface area contributed by atoms with Gasteiger partial charge in [0.25, 0.3) is 0 Å². The van der Waals surface area contributed by atoms with Gasteiger partial charge in [-0.1, -0.05) is 18.9 Å². The van der Waals surface area contributed by atoms with Gasteiger partial charge in [0.05, 0.1) is 18.9 Å². The van der Waals surface area contributed by atoms with E-state index in [1.54, 1.807) is 6.07 Å². The highest BCUT2D eigenvalue weighted by molar-refractivity contribution is 6.07. The largest absolute Gasteiger partial charge is 0.494 e. The van der Waals surface area contributed by atoms with Gasteiger partial charge in [-0.3, -0.25) is 14.5 Å². The lowest BCUT2D eigenvalue weighted by molar-refractivity contribution is -0.159. The first kappa shape index (κ1) is 18.4. The highest BCUT2D eigenvalue weighted by Crippen LogP contribution is 2.38. The van der Waals surface area contributed by atoms with Gasteiger partial charge in [-0.05, 0) is 37.5 Å². The van der Waals surface area contributed by atoms with E-state index >= 15 is 0 Å². The molecule has 26 heavy (non-hydrogen) atoms. The van der Waals surface area contributed by atoms with E-state index < -0.39 is 17.8 Å². The molecule has 1 aromatic rings. The van der Waals surface area contributed by atoms with Gasteiger partial charge in [0.1, 0.15) is 12.6 Å². The Bertz CT molecular complexity index is 711. The van der Waals surface area contributed by atoms with Gasteiger partial charge in [-0.25, -0.2) is 9.18 Å². The molecule has 0 aromatic heterocycles. The van der Waals surface area contributed by atoms with Crippen LogP contribution in [0.5, 0.6) is 5.75 Å². The Balaban J connectivity index is 1.63. The first-order valence-corrected chi connectivity index (χ1v) is 8.80. The van der Waals surface area contributed by atoms with Gasteiger partial charge in [-0.15, -0.1) is 0 Å². The van der Waals surface area contributed by atoms with E-state index in [9.17, 15) is 18.8 Å². The molecule has 3 atom stereocenters. The second-order valence-corrected chi connectivity index (χ2v) is 6.80. The lowest BCUT2D eigenvalue weighted by atomic mass is 9.81. The number of likely N-dealkylation sites (tertiary alicyclic amines) is 1. The number of amides is 2. The Morgan fingerprint density at radius 3 is 2.38 bits per heavy atom. The van der Waals surface area contributed by atoms with Crippen molar-refractivity contribution in [3.05, 3.63) is 29.6 Å². The van der Waals surface area contributed by atoms with Crippen molar-refractivity contribution in [2.75, 3.05) is 7.11 Å². The van der Waals surface area contributed by atoms with Crippen LogP contribution in [0, 0.1) is 17.7 Å². The molecule has 7 heteroatoms. The minimum absolute atomic E-state index is 0.101. The molecular weight excluding hydrogens is 341 g/mol. The third-order valence-electron chi connectivity index (χ3n) is 5.20. The van der Waals surface area contributed by atoms with Crippen molar-refractivity contribution in [2.24, 2.45) is 11.8 Å². The van der Waals surface area contributed by atoms with Crippen molar-refractivity contribution in [1.29, 1.82) is 0 Å². The zero-order valence-electron chi connectivity index (χ0n) is 14.9. The average molecular weight is 363 g/mol. The number of esters is 1. The highest BCUT2D eigenvalue weighted by Gasteiger charge is 2.51. The zero-order chi connectivity index (χ0) is 18.8. The summed E-state index contributed by atoms with van der Waals surface area (Å²) in [5, 5.41) is 0. The number of ether oxygens (including phenoxy) is 2. The third-order valence-corrected chi connectivity index (χ3v) is 5.20. The number of carbonyl (C=O) groups excluding carboxylic acids is 3. The molecule has 2 fully saturated rings. The summed E-state index contributed by atoms with van der Waals surface area (Å²) >= 11 is 0. The second-order valence-electron chi connectivity index (χ2n) is 6.80. The molecular formula is C19H22FNO5. The summed E-state index contributed by atoms with van der Waals surface area (Å²) in [5.74, 6) is -2.29. The lowest BCUT2D eigenvalue weighted by Crippen LogP contribution is -2.44. The quantitative estimate of drug-likeness (QED) is 0.593. The fourth-order valence-corrected chi connectivity index (χ4v) is 3.75. The summed E-state index contributed by atoms with van der Waals surface area (Å²) in [5.41, 5.74) is 0.455. The molecule has 1 aliphatic heterocycles. The van der Waals surface area contributed by atoms with E-state index in [2.05, 4.69) is 0 Å². The molecule has 1 aliphatic carbocycles. The number of nitrogens with zero attached hydrogens (tertiary/aromatic N) is 1. The molecule has 1 saturated heterocycles. The van der Waals surface area contributed by atoms with E-state index in [4.69, 9.17) is 9.47 Å². The number of benzene rings is 1. The number of rotatable bonds is 5. The molecule has 140 valence electrons. The average Bonchev–Trinajstić information content (AvgIpc) is 2.90. The number of methoxy groups -OCH3 is 1. The van der Waals surface area contributed by atoms with E-state index in [-0.39, 0.29) is 36.0 Å². The van der Waals surface area contributed by atoms with Crippen LogP contribution in [0.3, 0.4) is 0 Å². The summed E-state index contributed by atoms with van der Waals surface area (Å²) < 4.78 is 23.7. The van der Waals surface area contributed by atoms with Crippen LogP contribution in [0.25, 0.3) is 0 Å². The van der Waals surface area contributed by atoms with Crippen molar-refractivity contribution in [1.82, 2.24) is 4.90 Å². The van der Waals surface area contributed by atoms with Crippen LogP contribution in [-0.4, -0.2) is 35.8 Å². The van der Waals surface area contributed by atoms with Crippen molar-refractivity contribution in [3.8, 4) is 5.75 Å². The Hall–Kier alpha value is -2.44. The fourth-order valence-electron chi connectivity index (χ4n) is 3.75.